The van der Waals surface area contributed by atoms with Crippen LogP contribution in [0.1, 0.15) is 52.5 Å². The number of nitrogens with zero attached hydrogens (tertiary/aromatic N) is 3. The summed E-state index contributed by atoms with van der Waals surface area (Å²) in [6, 6.07) is 19.6. The van der Waals surface area contributed by atoms with E-state index in [1.54, 1.807) is 12.5 Å². The van der Waals surface area contributed by atoms with E-state index < -0.39 is 0 Å². The Kier molecular flexibility index (Phi) is 7.10. The lowest BCUT2D eigenvalue weighted by atomic mass is 9.96. The van der Waals surface area contributed by atoms with Crippen LogP contribution in [0.15, 0.2) is 77.5 Å². The first kappa shape index (κ1) is 24.8. The summed E-state index contributed by atoms with van der Waals surface area (Å²) in [5, 5.41) is 7.11. The lowest BCUT2D eigenvalue weighted by Crippen LogP contribution is -2.32. The number of nitrogens with one attached hydrogen (secondary N) is 2. The van der Waals surface area contributed by atoms with Crippen LogP contribution in [0.2, 0.25) is 0 Å². The van der Waals surface area contributed by atoms with Gasteiger partial charge in [0.15, 0.2) is 5.11 Å². The van der Waals surface area contributed by atoms with Gasteiger partial charge in [0, 0.05) is 36.2 Å². The molecule has 0 radical (unpaired) electrons. The molecule has 0 bridgehead atoms. The van der Waals surface area contributed by atoms with E-state index in [0.717, 1.165) is 39.7 Å². The van der Waals surface area contributed by atoms with Gasteiger partial charge in [0.05, 0.1) is 30.6 Å². The summed E-state index contributed by atoms with van der Waals surface area (Å²) in [4.78, 5) is 19.6. The molecule has 190 valence electrons. The molecule has 1 amide bonds. The smallest absolute Gasteiger partial charge is 0.226 e. The van der Waals surface area contributed by atoms with Gasteiger partial charge in [0.25, 0.3) is 0 Å². The first-order valence-electron chi connectivity index (χ1n) is 12.4. The molecule has 1 saturated heterocycles. The summed E-state index contributed by atoms with van der Waals surface area (Å²) in [5.41, 5.74) is 6.30. The summed E-state index contributed by atoms with van der Waals surface area (Å²) in [5.74, 6) is 0.856. The number of benzene rings is 1. The minimum Gasteiger partial charge on any atom is -0.467 e. The maximum atomic E-state index is 12.8. The van der Waals surface area contributed by atoms with Gasteiger partial charge in [0.1, 0.15) is 5.76 Å². The van der Waals surface area contributed by atoms with E-state index in [2.05, 4.69) is 45.0 Å². The van der Waals surface area contributed by atoms with E-state index in [-0.39, 0.29) is 18.0 Å². The molecular weight excluding hydrogens is 482 g/mol. The molecule has 37 heavy (non-hydrogen) atoms. The largest absolute Gasteiger partial charge is 0.467 e. The number of furan rings is 1. The van der Waals surface area contributed by atoms with Crippen LogP contribution in [-0.4, -0.2) is 32.0 Å². The first-order chi connectivity index (χ1) is 17.9. The molecular formula is C29H31N5O2S. The van der Waals surface area contributed by atoms with E-state index in [0.29, 0.717) is 24.6 Å². The number of anilines is 1. The molecule has 4 heterocycles. The Balaban J connectivity index is 1.42. The van der Waals surface area contributed by atoms with Crippen LogP contribution in [-0.2, 0) is 11.3 Å². The zero-order valence-corrected chi connectivity index (χ0v) is 22.1. The molecule has 1 fully saturated rings. The maximum absolute atomic E-state index is 12.8. The van der Waals surface area contributed by atoms with Crippen molar-refractivity contribution in [2.75, 3.05) is 11.9 Å². The highest BCUT2D eigenvalue weighted by Crippen LogP contribution is 2.41. The van der Waals surface area contributed by atoms with Gasteiger partial charge in [-0.15, -0.1) is 0 Å². The topological polar surface area (TPSA) is 75.3 Å². The summed E-state index contributed by atoms with van der Waals surface area (Å²) in [6.45, 7) is 7.40. The first-order valence-corrected chi connectivity index (χ1v) is 12.8. The summed E-state index contributed by atoms with van der Waals surface area (Å²) < 4.78 is 7.87. The number of amides is 1. The monoisotopic (exact) mass is 513 g/mol. The summed E-state index contributed by atoms with van der Waals surface area (Å²) >= 11 is 5.80. The third-order valence-electron chi connectivity index (χ3n) is 6.94. The molecule has 7 nitrogen and oxygen atoms in total. The van der Waals surface area contributed by atoms with Crippen molar-refractivity contribution in [2.45, 2.75) is 45.8 Å². The zero-order valence-electron chi connectivity index (χ0n) is 21.3. The highest BCUT2D eigenvalue weighted by atomic mass is 32.1. The number of carbonyl (C=O) groups excluding carboxylic acids is 1. The van der Waals surface area contributed by atoms with Crippen molar-refractivity contribution >= 4 is 28.9 Å². The van der Waals surface area contributed by atoms with Crippen molar-refractivity contribution in [1.29, 1.82) is 0 Å². The Hall–Kier alpha value is -3.91. The van der Waals surface area contributed by atoms with Gasteiger partial charge < -0.3 is 24.5 Å². The Bertz CT molecular complexity index is 1380. The number of thiocarbonyl (C=S) groups is 1. The highest BCUT2D eigenvalue weighted by Gasteiger charge is 2.41. The predicted octanol–water partition coefficient (Wildman–Crippen LogP) is 5.45. The molecule has 5 rings (SSSR count). The van der Waals surface area contributed by atoms with E-state index in [9.17, 15) is 4.79 Å². The SMILES string of the molecule is Cc1ccc(NC(=O)CCN2C(=S)NC(c3ccccn3)C2c2cc(C)n(Cc3ccco3)c2C)cc1. The normalized spacial score (nSPS) is 17.2. The molecule has 2 N–H and O–H groups in total. The number of aromatic nitrogens is 2. The highest BCUT2D eigenvalue weighted by molar-refractivity contribution is 7.80. The van der Waals surface area contributed by atoms with E-state index in [4.69, 9.17) is 16.6 Å². The minimum atomic E-state index is -0.133. The van der Waals surface area contributed by atoms with Crippen LogP contribution in [0.25, 0.3) is 0 Å². The van der Waals surface area contributed by atoms with Crippen LogP contribution in [0.5, 0.6) is 0 Å². The van der Waals surface area contributed by atoms with Crippen molar-refractivity contribution in [1.82, 2.24) is 19.8 Å². The van der Waals surface area contributed by atoms with E-state index >= 15 is 0 Å². The molecule has 2 unspecified atom stereocenters. The van der Waals surface area contributed by atoms with Crippen LogP contribution in [0.4, 0.5) is 5.69 Å². The third kappa shape index (κ3) is 5.29. The number of rotatable bonds is 8. The quantitative estimate of drug-likeness (QED) is 0.305. The number of hydrogen-bond donors (Lipinski definition) is 2. The fourth-order valence-electron chi connectivity index (χ4n) is 5.00. The van der Waals surface area contributed by atoms with Crippen molar-refractivity contribution in [2.24, 2.45) is 0 Å². The second-order valence-electron chi connectivity index (χ2n) is 9.48. The number of pyridine rings is 1. The number of hydrogen-bond acceptors (Lipinski definition) is 4. The average molecular weight is 514 g/mol. The Morgan fingerprint density at radius 1 is 1.11 bits per heavy atom. The molecule has 1 aromatic carbocycles. The molecule has 0 aliphatic carbocycles. The predicted molar refractivity (Wildman–Crippen MR) is 148 cm³/mol. The second-order valence-corrected chi connectivity index (χ2v) is 9.86. The van der Waals surface area contributed by atoms with Crippen molar-refractivity contribution in [3.8, 4) is 0 Å². The van der Waals surface area contributed by atoms with Gasteiger partial charge in [-0.05, 0) is 81.0 Å². The fourth-order valence-corrected chi connectivity index (χ4v) is 5.33. The molecule has 4 aromatic rings. The Labute approximate surface area is 222 Å². The van der Waals surface area contributed by atoms with Crippen LogP contribution >= 0.6 is 12.2 Å². The lowest BCUT2D eigenvalue weighted by molar-refractivity contribution is -0.116. The van der Waals surface area contributed by atoms with Crippen molar-refractivity contribution in [3.63, 3.8) is 0 Å². The van der Waals surface area contributed by atoms with Crippen LogP contribution in [0, 0.1) is 20.8 Å². The zero-order chi connectivity index (χ0) is 25.9. The lowest BCUT2D eigenvalue weighted by Gasteiger charge is -2.28. The van der Waals surface area contributed by atoms with Gasteiger partial charge in [-0.1, -0.05) is 23.8 Å². The Morgan fingerprint density at radius 2 is 1.92 bits per heavy atom. The molecule has 0 saturated carbocycles. The second kappa shape index (κ2) is 10.6. The van der Waals surface area contributed by atoms with Gasteiger partial charge in [0.2, 0.25) is 5.91 Å². The minimum absolute atomic E-state index is 0.0463. The standard InChI is InChI=1S/C29H31N5O2S/c1-19-9-11-22(12-10-19)31-26(35)13-15-33-28(27(32-29(33)37)25-8-4-5-14-30-25)24-17-20(2)34(21(24)3)18-23-7-6-16-36-23/h4-12,14,16-17,27-28H,13,15,18H2,1-3H3,(H,31,35)(H,32,37). The third-order valence-corrected chi connectivity index (χ3v) is 7.29. The summed E-state index contributed by atoms with van der Waals surface area (Å²) in [7, 11) is 0. The Morgan fingerprint density at radius 3 is 2.62 bits per heavy atom. The number of carbonyl (C=O) groups is 1. The van der Waals surface area contributed by atoms with Gasteiger partial charge in [-0.2, -0.15) is 0 Å². The molecule has 0 spiro atoms. The molecule has 8 heteroatoms. The van der Waals surface area contributed by atoms with Gasteiger partial charge in [-0.25, -0.2) is 0 Å². The fraction of sp³-hybridized carbons (Fsp3) is 0.276. The van der Waals surface area contributed by atoms with Crippen molar-refractivity contribution in [3.05, 3.63) is 107 Å². The molecule has 1 aliphatic rings. The van der Waals surface area contributed by atoms with Crippen LogP contribution < -0.4 is 10.6 Å². The molecule has 2 atom stereocenters. The van der Waals surface area contributed by atoms with Crippen LogP contribution in [0.3, 0.4) is 0 Å². The van der Waals surface area contributed by atoms with Crippen molar-refractivity contribution < 1.29 is 9.21 Å². The number of aryl methyl sites for hydroxylation is 2. The van der Waals surface area contributed by atoms with E-state index in [1.807, 2.05) is 61.5 Å². The van der Waals surface area contributed by atoms with Gasteiger partial charge >= 0.3 is 0 Å². The molecule has 3 aromatic heterocycles. The maximum Gasteiger partial charge on any atom is 0.226 e. The summed E-state index contributed by atoms with van der Waals surface area (Å²) in [6.07, 6.45) is 3.81. The average Bonchev–Trinajstić information content (AvgIpc) is 3.60. The van der Waals surface area contributed by atoms with Gasteiger partial charge in [-0.3, -0.25) is 9.78 Å². The molecule has 1 aliphatic heterocycles. The van der Waals surface area contributed by atoms with E-state index in [1.165, 1.54) is 0 Å².